The van der Waals surface area contributed by atoms with Gasteiger partial charge < -0.3 is 9.88 Å². The Hall–Kier alpha value is -3.40. The van der Waals surface area contributed by atoms with Crippen molar-refractivity contribution in [1.29, 1.82) is 0 Å². The number of fused-ring (bicyclic) bond motifs is 1. The summed E-state index contributed by atoms with van der Waals surface area (Å²) in [6.07, 6.45) is 4.16. The lowest BCUT2D eigenvalue weighted by molar-refractivity contribution is 0.0787. The average Bonchev–Trinajstić information content (AvgIpc) is 3.60. The van der Waals surface area contributed by atoms with Crippen LogP contribution in [0.5, 0.6) is 0 Å². The largest absolute Gasteiger partial charge is 0.356 e. The van der Waals surface area contributed by atoms with Crippen molar-refractivity contribution in [2.24, 2.45) is 0 Å². The molecule has 10 heteroatoms. The average molecular weight is 482 g/mol. The number of H-pyrrole nitrogens is 1. The van der Waals surface area contributed by atoms with Gasteiger partial charge in [0.15, 0.2) is 5.78 Å². The van der Waals surface area contributed by atoms with Crippen molar-refractivity contribution in [2.75, 3.05) is 23.9 Å². The molecule has 0 saturated carbocycles. The second-order valence-corrected chi connectivity index (χ2v) is 10.6. The highest BCUT2D eigenvalue weighted by Crippen LogP contribution is 2.34. The molecule has 0 radical (unpaired) electrons. The molecule has 5 rings (SSSR count). The number of aryl methyl sites for hydroxylation is 1. The number of benzene rings is 1. The quantitative estimate of drug-likeness (QED) is 0.545. The third-order valence-corrected chi connectivity index (χ3v) is 8.70. The van der Waals surface area contributed by atoms with Crippen LogP contribution in [-0.2, 0) is 23.0 Å². The smallest absolute Gasteiger partial charge is 0.270 e. The fourth-order valence-corrected chi connectivity index (χ4v) is 6.75. The van der Waals surface area contributed by atoms with Gasteiger partial charge in [0, 0.05) is 31.4 Å². The first-order valence-electron chi connectivity index (χ1n) is 11.4. The number of hydrogen-bond donors (Lipinski definition) is 1. The van der Waals surface area contributed by atoms with Gasteiger partial charge in [0.05, 0.1) is 17.1 Å². The van der Waals surface area contributed by atoms with Gasteiger partial charge in [-0.15, -0.1) is 0 Å². The van der Waals surface area contributed by atoms with E-state index in [4.69, 9.17) is 0 Å². The van der Waals surface area contributed by atoms with E-state index in [-0.39, 0.29) is 23.1 Å². The second kappa shape index (κ2) is 8.43. The summed E-state index contributed by atoms with van der Waals surface area (Å²) in [5.74, 6) is -0.361. The number of carbonyl (C=O) groups excluding carboxylic acids is 2. The van der Waals surface area contributed by atoms with Crippen LogP contribution in [0, 0.1) is 13.8 Å². The highest BCUT2D eigenvalue weighted by Gasteiger charge is 2.35. The van der Waals surface area contributed by atoms with Crippen molar-refractivity contribution in [1.82, 2.24) is 19.7 Å². The van der Waals surface area contributed by atoms with Crippen molar-refractivity contribution >= 4 is 27.4 Å². The van der Waals surface area contributed by atoms with E-state index in [2.05, 4.69) is 10.1 Å². The number of ketones is 1. The number of aromatic amines is 1. The molecule has 34 heavy (non-hydrogen) atoms. The van der Waals surface area contributed by atoms with Gasteiger partial charge in [-0.25, -0.2) is 8.42 Å². The van der Waals surface area contributed by atoms with Gasteiger partial charge in [-0.2, -0.15) is 5.10 Å². The van der Waals surface area contributed by atoms with E-state index in [1.807, 2.05) is 24.3 Å². The molecule has 4 heterocycles. The van der Waals surface area contributed by atoms with Gasteiger partial charge in [0.2, 0.25) is 0 Å². The number of nitrogens with zero attached hydrogens (tertiary/aromatic N) is 4. The molecule has 178 valence electrons. The number of carbonyl (C=O) groups is 2. The Morgan fingerprint density at radius 1 is 1.09 bits per heavy atom. The molecule has 0 bridgehead atoms. The van der Waals surface area contributed by atoms with Gasteiger partial charge in [0.1, 0.15) is 17.1 Å². The molecule has 0 aliphatic carbocycles. The zero-order valence-electron chi connectivity index (χ0n) is 19.2. The van der Waals surface area contributed by atoms with Crippen molar-refractivity contribution < 1.29 is 18.0 Å². The molecule has 0 unspecified atom stereocenters. The molecule has 0 atom stereocenters. The van der Waals surface area contributed by atoms with E-state index in [1.165, 1.54) is 15.2 Å². The summed E-state index contributed by atoms with van der Waals surface area (Å²) in [7, 11) is -3.83. The zero-order valence-corrected chi connectivity index (χ0v) is 20.1. The predicted molar refractivity (Wildman–Crippen MR) is 127 cm³/mol. The lowest BCUT2D eigenvalue weighted by Crippen LogP contribution is -2.30. The molecule has 9 nitrogen and oxygen atoms in total. The van der Waals surface area contributed by atoms with E-state index in [1.54, 1.807) is 24.8 Å². The van der Waals surface area contributed by atoms with Crippen LogP contribution in [0.1, 0.15) is 50.6 Å². The van der Waals surface area contributed by atoms with Crippen LogP contribution < -0.4 is 4.31 Å². The first kappa shape index (κ1) is 22.4. The van der Waals surface area contributed by atoms with Crippen LogP contribution in [0.2, 0.25) is 0 Å². The Morgan fingerprint density at radius 2 is 1.82 bits per heavy atom. The van der Waals surface area contributed by atoms with E-state index < -0.39 is 10.0 Å². The first-order chi connectivity index (χ1) is 16.3. The highest BCUT2D eigenvalue weighted by atomic mass is 32.2. The molecular weight excluding hydrogens is 454 g/mol. The summed E-state index contributed by atoms with van der Waals surface area (Å²) in [6, 6.07) is 9.04. The van der Waals surface area contributed by atoms with Gasteiger partial charge in [-0.05, 0) is 50.8 Å². The maximum Gasteiger partial charge on any atom is 0.270 e. The number of likely N-dealkylation sites (tertiary alicyclic amines) is 1. The molecule has 3 aromatic rings. The summed E-state index contributed by atoms with van der Waals surface area (Å²) in [6.45, 7) is 5.03. The van der Waals surface area contributed by atoms with Gasteiger partial charge >= 0.3 is 0 Å². The molecule has 1 fully saturated rings. The number of nitrogens with one attached hydrogen (secondary N) is 1. The molecule has 0 spiro atoms. The Labute approximate surface area is 198 Å². The van der Waals surface area contributed by atoms with Crippen molar-refractivity contribution in [3.8, 4) is 0 Å². The lowest BCUT2D eigenvalue weighted by atomic mass is 10.2. The van der Waals surface area contributed by atoms with Crippen LogP contribution in [0.25, 0.3) is 0 Å². The fraction of sp³-hybridized carbons (Fsp3) is 0.375. The number of Topliss-reactive ketones (excluding diaryl/α,β-unsaturated/α-hetero) is 1. The number of hydrogen-bond acceptors (Lipinski definition) is 5. The monoisotopic (exact) mass is 481 g/mol. The normalized spacial score (nSPS) is 15.7. The minimum Gasteiger partial charge on any atom is -0.356 e. The number of amides is 1. The Morgan fingerprint density at radius 3 is 2.59 bits per heavy atom. The number of aromatic nitrogens is 3. The summed E-state index contributed by atoms with van der Waals surface area (Å²) in [5.41, 5.74) is 3.21. The number of sulfonamides is 1. The van der Waals surface area contributed by atoms with Crippen LogP contribution >= 0.6 is 0 Å². The van der Waals surface area contributed by atoms with Crippen LogP contribution in [-0.4, -0.2) is 59.4 Å². The number of rotatable bonds is 6. The zero-order chi connectivity index (χ0) is 24.0. The van der Waals surface area contributed by atoms with E-state index in [0.29, 0.717) is 41.3 Å². The molecule has 2 aliphatic heterocycles. The number of para-hydroxylation sites is 1. The van der Waals surface area contributed by atoms with Crippen molar-refractivity contribution in [2.45, 2.75) is 44.6 Å². The lowest BCUT2D eigenvalue weighted by Gasteiger charge is -2.19. The van der Waals surface area contributed by atoms with E-state index in [9.17, 15) is 18.0 Å². The Kier molecular flexibility index (Phi) is 5.55. The molecule has 1 amide bonds. The van der Waals surface area contributed by atoms with Crippen LogP contribution in [0.3, 0.4) is 0 Å². The number of anilines is 1. The molecule has 2 aliphatic rings. The summed E-state index contributed by atoms with van der Waals surface area (Å²) in [4.78, 5) is 30.3. The maximum atomic E-state index is 13.6. The van der Waals surface area contributed by atoms with Crippen LogP contribution in [0.15, 0.2) is 41.4 Å². The summed E-state index contributed by atoms with van der Waals surface area (Å²) < 4.78 is 30.0. The first-order valence-corrected chi connectivity index (χ1v) is 12.9. The molecule has 2 aromatic heterocycles. The summed E-state index contributed by atoms with van der Waals surface area (Å²) >= 11 is 0. The minimum atomic E-state index is -3.83. The summed E-state index contributed by atoms with van der Waals surface area (Å²) in [5, 5.41) is 4.38. The highest BCUT2D eigenvalue weighted by molar-refractivity contribution is 7.93. The van der Waals surface area contributed by atoms with Crippen LogP contribution in [0.4, 0.5) is 5.69 Å². The standard InChI is InChI=1S/C24H27N5O4S/c1-16-23(34(32,33)29-12-9-18-7-3-4-8-21(18)29)17(2)28(26-16)15-22(30)19-13-20(25-14-19)24(31)27-10-5-6-11-27/h3-4,7-8,13-14,25H,5-6,9-12,15H2,1-2H3. The third-order valence-electron chi connectivity index (χ3n) is 6.63. The van der Waals surface area contributed by atoms with E-state index in [0.717, 1.165) is 31.5 Å². The fourth-order valence-electron chi connectivity index (χ4n) is 4.87. The Bertz CT molecular complexity index is 1380. The van der Waals surface area contributed by atoms with Gasteiger partial charge in [-0.3, -0.25) is 18.6 Å². The molecule has 1 aromatic carbocycles. The van der Waals surface area contributed by atoms with E-state index >= 15 is 0 Å². The molecule has 1 saturated heterocycles. The maximum absolute atomic E-state index is 13.6. The Balaban J connectivity index is 1.38. The van der Waals surface area contributed by atoms with Crippen molar-refractivity contribution in [3.05, 3.63) is 64.7 Å². The topological polar surface area (TPSA) is 108 Å². The van der Waals surface area contributed by atoms with Crippen molar-refractivity contribution in [3.63, 3.8) is 0 Å². The predicted octanol–water partition coefficient (Wildman–Crippen LogP) is 2.70. The van der Waals surface area contributed by atoms with Gasteiger partial charge in [0.25, 0.3) is 15.9 Å². The second-order valence-electron chi connectivity index (χ2n) is 8.84. The molecule has 1 N–H and O–H groups in total. The SMILES string of the molecule is Cc1nn(CC(=O)c2c[nH]c(C(=O)N3CCCC3)c2)c(C)c1S(=O)(=O)N1CCc2ccccc21. The van der Waals surface area contributed by atoms with Gasteiger partial charge in [-0.1, -0.05) is 18.2 Å². The molecular formula is C24H27N5O4S. The third kappa shape index (κ3) is 3.71. The minimum absolute atomic E-state index is 0.109.